The topological polar surface area (TPSA) is 7.12 Å². The Morgan fingerprint density at radius 3 is 2.84 bits per heavy atom. The number of likely N-dealkylation sites (tertiary alicyclic amines) is 1. The Balaban J connectivity index is 0.00000180. The van der Waals surface area contributed by atoms with E-state index in [-0.39, 0.29) is 24.0 Å². The van der Waals surface area contributed by atoms with Crippen LogP contribution in [0, 0.1) is 0 Å². The molecule has 1 aliphatic rings. The first-order chi connectivity index (χ1) is 8.81. The summed E-state index contributed by atoms with van der Waals surface area (Å²) < 4.78 is 2.37. The van der Waals surface area contributed by atoms with Crippen molar-refractivity contribution >= 4 is 0 Å². The lowest BCUT2D eigenvalue weighted by atomic mass is 10.1. The number of unbranched alkanes of at least 4 members (excludes halogenated alkanes) is 3. The van der Waals surface area contributed by atoms with Crippen LogP contribution in [0.15, 0.2) is 24.5 Å². The molecule has 0 saturated carbocycles. The highest BCUT2D eigenvalue weighted by Crippen LogP contribution is 2.29. The average molecular weight is 374 g/mol. The molecular formula is C16H27IN2. The normalized spacial score (nSPS) is 19.4. The number of aromatic nitrogens is 1. The van der Waals surface area contributed by atoms with Crippen molar-refractivity contribution in [2.45, 2.75) is 58.0 Å². The second-order valence-corrected chi connectivity index (χ2v) is 5.57. The first kappa shape index (κ1) is 16.9. The molecule has 3 heteroatoms. The molecule has 1 fully saturated rings. The van der Waals surface area contributed by atoms with Crippen molar-refractivity contribution in [3.05, 3.63) is 30.1 Å². The first-order valence-electron chi connectivity index (χ1n) is 7.50. The Morgan fingerprint density at radius 2 is 2.16 bits per heavy atom. The summed E-state index contributed by atoms with van der Waals surface area (Å²) in [7, 11) is 2.25. The van der Waals surface area contributed by atoms with Gasteiger partial charge in [0.05, 0.1) is 0 Å². The van der Waals surface area contributed by atoms with Crippen LogP contribution in [-0.2, 0) is 6.54 Å². The van der Waals surface area contributed by atoms with E-state index in [1.807, 2.05) is 0 Å². The van der Waals surface area contributed by atoms with Crippen molar-refractivity contribution in [3.8, 4) is 0 Å². The zero-order chi connectivity index (χ0) is 12.8. The second-order valence-electron chi connectivity index (χ2n) is 5.57. The van der Waals surface area contributed by atoms with Crippen molar-refractivity contribution in [1.29, 1.82) is 0 Å². The Hall–Kier alpha value is -0.160. The third-order valence-electron chi connectivity index (χ3n) is 4.06. The van der Waals surface area contributed by atoms with Gasteiger partial charge in [0.25, 0.3) is 0 Å². The molecule has 108 valence electrons. The van der Waals surface area contributed by atoms with Crippen LogP contribution in [0.25, 0.3) is 0 Å². The van der Waals surface area contributed by atoms with Gasteiger partial charge in [-0.1, -0.05) is 19.8 Å². The molecule has 2 heterocycles. The number of rotatable bonds is 6. The molecule has 0 bridgehead atoms. The van der Waals surface area contributed by atoms with Crippen molar-refractivity contribution in [2.24, 2.45) is 0 Å². The van der Waals surface area contributed by atoms with Crippen LogP contribution in [0.2, 0.25) is 0 Å². The van der Waals surface area contributed by atoms with Gasteiger partial charge < -0.3 is 24.0 Å². The largest absolute Gasteiger partial charge is 1.00 e. The van der Waals surface area contributed by atoms with Crippen molar-refractivity contribution in [2.75, 3.05) is 13.6 Å². The summed E-state index contributed by atoms with van der Waals surface area (Å²) in [4.78, 5) is 2.48. The molecule has 2 nitrogen and oxygen atoms in total. The van der Waals surface area contributed by atoms with Gasteiger partial charge in [0, 0.05) is 24.1 Å². The maximum absolute atomic E-state index is 2.48. The number of hydrogen-bond acceptors (Lipinski definition) is 1. The molecule has 1 aromatic heterocycles. The molecule has 0 unspecified atom stereocenters. The minimum Gasteiger partial charge on any atom is -1.00 e. The maximum Gasteiger partial charge on any atom is 0.173 e. The molecule has 1 saturated heterocycles. The Bertz CT molecular complexity index is 368. The number of pyridine rings is 1. The van der Waals surface area contributed by atoms with Gasteiger partial charge in [-0.05, 0) is 38.9 Å². The maximum atomic E-state index is 2.48. The standard InChI is InChI=1S/C16H27N2.HI/c1-3-4-5-6-12-18-13-7-9-15(14-18)16-10-8-11-17(16)2;/h7,9,13-14,16H,3-6,8,10-12H2,1-2H3;1H/q+1;/p-1/t16-;/m0./s1. The summed E-state index contributed by atoms with van der Waals surface area (Å²) in [5, 5.41) is 0. The van der Waals surface area contributed by atoms with E-state index < -0.39 is 0 Å². The fraction of sp³-hybridized carbons (Fsp3) is 0.688. The van der Waals surface area contributed by atoms with Crippen molar-refractivity contribution in [1.82, 2.24) is 4.90 Å². The highest BCUT2D eigenvalue weighted by Gasteiger charge is 2.24. The summed E-state index contributed by atoms with van der Waals surface area (Å²) in [6.45, 7) is 4.68. The fourth-order valence-corrected chi connectivity index (χ4v) is 2.93. The SMILES string of the molecule is CCCCCC[n+]1cccc([C@@H]2CCCN2C)c1.[I-]. The van der Waals surface area contributed by atoms with Crippen LogP contribution in [0.1, 0.15) is 57.1 Å². The van der Waals surface area contributed by atoms with Gasteiger partial charge in [-0.3, -0.25) is 4.90 Å². The van der Waals surface area contributed by atoms with E-state index in [1.54, 1.807) is 0 Å². The zero-order valence-electron chi connectivity index (χ0n) is 12.3. The molecule has 0 spiro atoms. The van der Waals surface area contributed by atoms with Crippen molar-refractivity contribution in [3.63, 3.8) is 0 Å². The van der Waals surface area contributed by atoms with Crippen LogP contribution in [0.3, 0.4) is 0 Å². The molecule has 19 heavy (non-hydrogen) atoms. The molecule has 1 atom stereocenters. The Morgan fingerprint density at radius 1 is 1.32 bits per heavy atom. The van der Waals surface area contributed by atoms with Crippen LogP contribution < -0.4 is 28.5 Å². The van der Waals surface area contributed by atoms with E-state index >= 15 is 0 Å². The first-order valence-corrected chi connectivity index (χ1v) is 7.50. The number of hydrogen-bond donors (Lipinski definition) is 0. The summed E-state index contributed by atoms with van der Waals surface area (Å²) in [5.74, 6) is 0. The van der Waals surface area contributed by atoms with Crippen LogP contribution >= 0.6 is 0 Å². The monoisotopic (exact) mass is 374 g/mol. The lowest BCUT2D eigenvalue weighted by Gasteiger charge is -2.18. The van der Waals surface area contributed by atoms with E-state index in [1.165, 1.54) is 57.2 Å². The predicted molar refractivity (Wildman–Crippen MR) is 75.4 cm³/mol. The van der Waals surface area contributed by atoms with Crippen LogP contribution in [0.4, 0.5) is 0 Å². The summed E-state index contributed by atoms with van der Waals surface area (Å²) in [5.41, 5.74) is 1.49. The summed E-state index contributed by atoms with van der Waals surface area (Å²) in [6.07, 6.45) is 12.6. The highest BCUT2D eigenvalue weighted by atomic mass is 127. The van der Waals surface area contributed by atoms with Gasteiger partial charge in [-0.15, -0.1) is 0 Å². The summed E-state index contributed by atoms with van der Waals surface area (Å²) >= 11 is 0. The fourth-order valence-electron chi connectivity index (χ4n) is 2.93. The van der Waals surface area contributed by atoms with Gasteiger partial charge in [-0.25, -0.2) is 4.57 Å². The van der Waals surface area contributed by atoms with Gasteiger partial charge in [-0.2, -0.15) is 0 Å². The van der Waals surface area contributed by atoms with Crippen LogP contribution in [-0.4, -0.2) is 18.5 Å². The zero-order valence-corrected chi connectivity index (χ0v) is 14.5. The van der Waals surface area contributed by atoms with Gasteiger partial charge in [0.1, 0.15) is 6.54 Å². The molecule has 0 radical (unpaired) electrons. The molecule has 0 aliphatic carbocycles. The Labute approximate surface area is 135 Å². The highest BCUT2D eigenvalue weighted by molar-refractivity contribution is 5.12. The van der Waals surface area contributed by atoms with Gasteiger partial charge >= 0.3 is 0 Å². The second kappa shape index (κ2) is 8.90. The molecule has 1 aliphatic heterocycles. The van der Waals surface area contributed by atoms with E-state index in [0.29, 0.717) is 6.04 Å². The lowest BCUT2D eigenvalue weighted by Crippen LogP contribution is -3.00. The number of halogens is 1. The molecule has 2 rings (SSSR count). The van der Waals surface area contributed by atoms with Crippen molar-refractivity contribution < 1.29 is 28.5 Å². The molecule has 1 aromatic rings. The molecular weight excluding hydrogens is 347 g/mol. The number of aryl methyl sites for hydroxylation is 1. The van der Waals surface area contributed by atoms with E-state index in [0.717, 1.165) is 0 Å². The van der Waals surface area contributed by atoms with E-state index in [2.05, 4.69) is 48.0 Å². The summed E-state index contributed by atoms with van der Waals surface area (Å²) in [6, 6.07) is 5.14. The van der Waals surface area contributed by atoms with Crippen LogP contribution in [0.5, 0.6) is 0 Å². The number of nitrogens with zero attached hydrogens (tertiary/aromatic N) is 2. The minimum atomic E-state index is 0. The third-order valence-corrected chi connectivity index (χ3v) is 4.06. The quantitative estimate of drug-likeness (QED) is 0.396. The smallest absolute Gasteiger partial charge is 0.173 e. The minimum absolute atomic E-state index is 0. The van der Waals surface area contributed by atoms with E-state index in [4.69, 9.17) is 0 Å². The lowest BCUT2D eigenvalue weighted by molar-refractivity contribution is -0.697. The van der Waals surface area contributed by atoms with E-state index in [9.17, 15) is 0 Å². The molecule has 0 aromatic carbocycles. The molecule has 0 N–H and O–H groups in total. The third kappa shape index (κ3) is 5.03. The predicted octanol–water partition coefficient (Wildman–Crippen LogP) is 0.325. The average Bonchev–Trinajstić information content (AvgIpc) is 2.81. The molecule has 0 amide bonds. The Kier molecular flexibility index (Phi) is 7.91. The van der Waals surface area contributed by atoms with Gasteiger partial charge in [0.2, 0.25) is 0 Å². The van der Waals surface area contributed by atoms with Gasteiger partial charge in [0.15, 0.2) is 12.4 Å².